The Balaban J connectivity index is 1.78. The number of hydrogen-bond donors (Lipinski definition) is 2. The molecule has 1 amide bonds. The van der Waals surface area contributed by atoms with Crippen LogP contribution < -0.4 is 5.56 Å². The molecule has 114 valence electrons. The number of hydrogen-bond acceptors (Lipinski definition) is 3. The summed E-state index contributed by atoms with van der Waals surface area (Å²) in [4.78, 5) is 27.9. The molecule has 1 aliphatic carbocycles. The highest BCUT2D eigenvalue weighted by atomic mass is 16.3. The second-order valence-corrected chi connectivity index (χ2v) is 5.92. The minimum absolute atomic E-state index is 0.0167. The molecule has 0 bridgehead atoms. The van der Waals surface area contributed by atoms with Crippen molar-refractivity contribution in [2.75, 3.05) is 13.6 Å². The zero-order chi connectivity index (χ0) is 15.7. The van der Waals surface area contributed by atoms with Gasteiger partial charge in [-0.1, -0.05) is 30.3 Å². The first kappa shape index (κ1) is 14.4. The Labute approximate surface area is 128 Å². The number of likely N-dealkylation sites (N-methyl/N-ethyl adjacent to an activating group) is 1. The van der Waals surface area contributed by atoms with Gasteiger partial charge in [0.1, 0.15) is 11.4 Å². The first-order chi connectivity index (χ1) is 10.5. The maximum atomic E-state index is 12.4. The molecule has 0 saturated heterocycles. The largest absolute Gasteiger partial charge is 0.508 e. The van der Waals surface area contributed by atoms with E-state index < -0.39 is 5.56 Å². The predicted octanol–water partition coefficient (Wildman–Crippen LogP) is 1.88. The summed E-state index contributed by atoms with van der Waals surface area (Å²) in [7, 11) is 1.72. The maximum absolute atomic E-state index is 12.4. The lowest BCUT2D eigenvalue weighted by atomic mass is 9.95. The van der Waals surface area contributed by atoms with Gasteiger partial charge in [0.25, 0.3) is 11.5 Å². The average Bonchev–Trinajstić information content (AvgIpc) is 3.27. The lowest BCUT2D eigenvalue weighted by Gasteiger charge is -2.24. The number of carbonyl (C=O) groups excluding carboxylic acids is 1. The van der Waals surface area contributed by atoms with Crippen LogP contribution in [-0.2, 0) is 5.41 Å². The number of nitrogens with zero attached hydrogens (tertiary/aromatic N) is 1. The third-order valence-electron chi connectivity index (χ3n) is 4.19. The third kappa shape index (κ3) is 2.74. The number of pyridine rings is 1. The highest BCUT2D eigenvalue weighted by molar-refractivity contribution is 5.92. The molecule has 0 spiro atoms. The van der Waals surface area contributed by atoms with Crippen molar-refractivity contribution in [1.82, 2.24) is 9.88 Å². The van der Waals surface area contributed by atoms with Gasteiger partial charge in [-0.3, -0.25) is 9.59 Å². The predicted molar refractivity (Wildman–Crippen MR) is 83.0 cm³/mol. The molecule has 3 rings (SSSR count). The SMILES string of the molecule is CN(CC1(c2ccccc2)CC1)C(=O)c1cc(O)cc(=O)[nH]1. The fourth-order valence-corrected chi connectivity index (χ4v) is 2.86. The van der Waals surface area contributed by atoms with Crippen molar-refractivity contribution in [3.05, 3.63) is 64.1 Å². The van der Waals surface area contributed by atoms with Gasteiger partial charge < -0.3 is 15.0 Å². The van der Waals surface area contributed by atoms with Gasteiger partial charge in [-0.05, 0) is 18.4 Å². The van der Waals surface area contributed by atoms with E-state index >= 15 is 0 Å². The van der Waals surface area contributed by atoms with Crippen LogP contribution in [0.3, 0.4) is 0 Å². The minimum Gasteiger partial charge on any atom is -0.508 e. The van der Waals surface area contributed by atoms with E-state index in [9.17, 15) is 14.7 Å². The van der Waals surface area contributed by atoms with Crippen LogP contribution in [0.5, 0.6) is 5.75 Å². The maximum Gasteiger partial charge on any atom is 0.270 e. The normalized spacial score (nSPS) is 15.3. The van der Waals surface area contributed by atoms with E-state index in [0.717, 1.165) is 18.9 Å². The van der Waals surface area contributed by atoms with Crippen LogP contribution in [0.15, 0.2) is 47.3 Å². The van der Waals surface area contributed by atoms with Crippen LogP contribution in [0.1, 0.15) is 28.9 Å². The van der Waals surface area contributed by atoms with Crippen LogP contribution in [0, 0.1) is 0 Å². The Kier molecular flexibility index (Phi) is 3.48. The van der Waals surface area contributed by atoms with Crippen LogP contribution in [0.25, 0.3) is 0 Å². The van der Waals surface area contributed by atoms with Crippen molar-refractivity contribution in [2.24, 2.45) is 0 Å². The van der Waals surface area contributed by atoms with Crippen LogP contribution in [-0.4, -0.2) is 34.5 Å². The number of aromatic nitrogens is 1. The quantitative estimate of drug-likeness (QED) is 0.905. The average molecular weight is 298 g/mol. The van der Waals surface area contributed by atoms with Gasteiger partial charge in [0, 0.05) is 31.1 Å². The van der Waals surface area contributed by atoms with E-state index in [2.05, 4.69) is 17.1 Å². The van der Waals surface area contributed by atoms with Gasteiger partial charge in [0.15, 0.2) is 0 Å². The molecule has 2 aromatic rings. The summed E-state index contributed by atoms with van der Waals surface area (Å²) < 4.78 is 0. The second kappa shape index (κ2) is 5.33. The molecular formula is C17H18N2O3. The van der Waals surface area contributed by atoms with Crippen molar-refractivity contribution in [1.29, 1.82) is 0 Å². The highest BCUT2D eigenvalue weighted by Gasteiger charge is 2.45. The molecule has 1 aliphatic rings. The summed E-state index contributed by atoms with van der Waals surface area (Å²) >= 11 is 0. The Bertz CT molecular complexity index is 748. The van der Waals surface area contributed by atoms with Crippen molar-refractivity contribution in [3.63, 3.8) is 0 Å². The number of carbonyl (C=O) groups is 1. The van der Waals surface area contributed by atoms with Gasteiger partial charge in [0.2, 0.25) is 0 Å². The zero-order valence-electron chi connectivity index (χ0n) is 12.4. The fourth-order valence-electron chi connectivity index (χ4n) is 2.86. The summed E-state index contributed by atoms with van der Waals surface area (Å²) in [5.74, 6) is -0.500. The van der Waals surface area contributed by atoms with Gasteiger partial charge in [-0.2, -0.15) is 0 Å². The third-order valence-corrected chi connectivity index (χ3v) is 4.19. The molecule has 1 fully saturated rings. The Hall–Kier alpha value is -2.56. The monoisotopic (exact) mass is 298 g/mol. The molecule has 1 aromatic heterocycles. The van der Waals surface area contributed by atoms with Crippen molar-refractivity contribution in [2.45, 2.75) is 18.3 Å². The number of aromatic amines is 1. The molecule has 0 aliphatic heterocycles. The van der Waals surface area contributed by atoms with Gasteiger partial charge in [0.05, 0.1) is 0 Å². The van der Waals surface area contributed by atoms with E-state index in [0.29, 0.717) is 6.54 Å². The smallest absolute Gasteiger partial charge is 0.270 e. The molecule has 2 N–H and O–H groups in total. The minimum atomic E-state index is -0.485. The van der Waals surface area contributed by atoms with Gasteiger partial charge in [-0.25, -0.2) is 0 Å². The summed E-state index contributed by atoms with van der Waals surface area (Å²) in [6.45, 7) is 0.591. The molecule has 0 unspecified atom stereocenters. The molecule has 5 heteroatoms. The summed E-state index contributed by atoms with van der Waals surface area (Å²) in [5, 5.41) is 9.46. The fraction of sp³-hybridized carbons (Fsp3) is 0.294. The Morgan fingerprint density at radius 2 is 1.95 bits per heavy atom. The Morgan fingerprint density at radius 3 is 2.55 bits per heavy atom. The standard InChI is InChI=1S/C17H18N2O3/c1-19(16(22)14-9-13(20)10-15(21)18-14)11-17(7-8-17)12-5-3-2-4-6-12/h2-6,9-10H,7-8,11H2,1H3,(H2,18,20,21). The Morgan fingerprint density at radius 1 is 1.27 bits per heavy atom. The molecule has 0 atom stereocenters. The van der Waals surface area contributed by atoms with Crippen molar-refractivity contribution in [3.8, 4) is 5.75 Å². The molecule has 1 heterocycles. The number of nitrogens with one attached hydrogen (secondary N) is 1. The first-order valence-corrected chi connectivity index (χ1v) is 7.24. The van der Waals surface area contributed by atoms with E-state index in [4.69, 9.17) is 0 Å². The molecule has 22 heavy (non-hydrogen) atoms. The van der Waals surface area contributed by atoms with Crippen LogP contribution in [0.2, 0.25) is 0 Å². The highest BCUT2D eigenvalue weighted by Crippen LogP contribution is 2.48. The lowest BCUT2D eigenvalue weighted by Crippen LogP contribution is -2.35. The zero-order valence-corrected chi connectivity index (χ0v) is 12.4. The van der Waals surface area contributed by atoms with E-state index in [1.165, 1.54) is 11.6 Å². The van der Waals surface area contributed by atoms with Crippen molar-refractivity contribution >= 4 is 5.91 Å². The lowest BCUT2D eigenvalue weighted by molar-refractivity contribution is 0.0775. The van der Waals surface area contributed by atoms with E-state index in [-0.39, 0.29) is 22.8 Å². The van der Waals surface area contributed by atoms with E-state index in [1.807, 2.05) is 18.2 Å². The molecule has 5 nitrogen and oxygen atoms in total. The van der Waals surface area contributed by atoms with Gasteiger partial charge in [-0.15, -0.1) is 0 Å². The summed E-state index contributed by atoms with van der Waals surface area (Å²) in [6.07, 6.45) is 2.09. The number of amides is 1. The second-order valence-electron chi connectivity index (χ2n) is 5.92. The topological polar surface area (TPSA) is 73.4 Å². The summed E-state index contributed by atoms with van der Waals surface area (Å²) in [5.41, 5.74) is 0.874. The van der Waals surface area contributed by atoms with Gasteiger partial charge >= 0.3 is 0 Å². The molecule has 1 saturated carbocycles. The molecule has 0 radical (unpaired) electrons. The number of benzene rings is 1. The summed E-state index contributed by atoms with van der Waals surface area (Å²) in [6, 6.07) is 12.5. The van der Waals surface area contributed by atoms with Crippen LogP contribution in [0.4, 0.5) is 0 Å². The number of rotatable bonds is 4. The van der Waals surface area contributed by atoms with Crippen molar-refractivity contribution < 1.29 is 9.90 Å². The molecular weight excluding hydrogens is 280 g/mol. The first-order valence-electron chi connectivity index (χ1n) is 7.24. The van der Waals surface area contributed by atoms with Crippen LogP contribution >= 0.6 is 0 Å². The van der Waals surface area contributed by atoms with E-state index in [1.54, 1.807) is 11.9 Å². The number of aromatic hydroxyl groups is 1. The molecule has 1 aromatic carbocycles. The number of H-pyrrole nitrogens is 1.